The lowest BCUT2D eigenvalue weighted by atomic mass is 9.84. The van der Waals surface area contributed by atoms with Gasteiger partial charge in [-0.25, -0.2) is 4.98 Å². The molecule has 238 valence electrons. The Kier molecular flexibility index (Phi) is 6.85. The average Bonchev–Trinajstić information content (AvgIpc) is 3.60. The van der Waals surface area contributed by atoms with E-state index in [1.165, 1.54) is 65.7 Å². The maximum Gasteiger partial charge on any atom is 0.145 e. The van der Waals surface area contributed by atoms with Crippen molar-refractivity contribution in [3.63, 3.8) is 0 Å². The first kappa shape index (κ1) is 29.2. The van der Waals surface area contributed by atoms with E-state index in [4.69, 9.17) is 4.98 Å². The highest BCUT2D eigenvalue weighted by molar-refractivity contribution is 6.22. The SMILES string of the molecule is c1ccc(-c2ccc3c(-c4ccc5ccccc5c4)c4ccccc4c(-c4ccc(-n5c(-c6ccccc6)nc6ccccc65)cc4)c3c2)cc1. The van der Waals surface area contributed by atoms with E-state index in [0.717, 1.165) is 28.1 Å². The van der Waals surface area contributed by atoms with Gasteiger partial charge in [0.05, 0.1) is 11.0 Å². The van der Waals surface area contributed by atoms with Gasteiger partial charge in [-0.2, -0.15) is 0 Å². The van der Waals surface area contributed by atoms with Crippen LogP contribution in [-0.4, -0.2) is 9.55 Å². The Morgan fingerprint density at radius 1 is 0.333 bits per heavy atom. The number of hydrogen-bond acceptors (Lipinski definition) is 1. The number of hydrogen-bond donors (Lipinski definition) is 0. The van der Waals surface area contributed by atoms with Crippen molar-refractivity contribution in [1.29, 1.82) is 0 Å². The number of rotatable bonds is 5. The van der Waals surface area contributed by atoms with Gasteiger partial charge in [0.2, 0.25) is 0 Å². The molecule has 10 aromatic rings. The van der Waals surface area contributed by atoms with Crippen LogP contribution in [0.1, 0.15) is 0 Å². The largest absolute Gasteiger partial charge is 0.292 e. The van der Waals surface area contributed by atoms with Gasteiger partial charge in [-0.3, -0.25) is 4.57 Å². The Morgan fingerprint density at radius 3 is 1.67 bits per heavy atom. The Bertz CT molecular complexity index is 2880. The van der Waals surface area contributed by atoms with Gasteiger partial charge in [0, 0.05) is 11.3 Å². The number of benzene rings is 9. The normalized spacial score (nSPS) is 11.5. The molecule has 2 nitrogen and oxygen atoms in total. The van der Waals surface area contributed by atoms with Crippen LogP contribution in [0.5, 0.6) is 0 Å². The third kappa shape index (κ3) is 4.92. The number of nitrogens with zero attached hydrogens (tertiary/aromatic N) is 2. The van der Waals surface area contributed by atoms with Crippen molar-refractivity contribution in [3.05, 3.63) is 194 Å². The summed E-state index contributed by atoms with van der Waals surface area (Å²) >= 11 is 0. The van der Waals surface area contributed by atoms with E-state index in [-0.39, 0.29) is 0 Å². The molecule has 0 amide bonds. The van der Waals surface area contributed by atoms with Crippen LogP contribution in [0.15, 0.2) is 194 Å². The number of imidazole rings is 1. The van der Waals surface area contributed by atoms with E-state index in [1.807, 2.05) is 0 Å². The zero-order valence-corrected chi connectivity index (χ0v) is 27.9. The molecular weight excluding hydrogens is 617 g/mol. The van der Waals surface area contributed by atoms with E-state index in [1.54, 1.807) is 0 Å². The van der Waals surface area contributed by atoms with E-state index in [9.17, 15) is 0 Å². The van der Waals surface area contributed by atoms with Crippen molar-refractivity contribution in [3.8, 4) is 50.5 Å². The summed E-state index contributed by atoms with van der Waals surface area (Å²) in [7, 11) is 0. The molecule has 51 heavy (non-hydrogen) atoms. The summed E-state index contributed by atoms with van der Waals surface area (Å²) in [4.78, 5) is 5.08. The molecule has 2 heteroatoms. The minimum Gasteiger partial charge on any atom is -0.292 e. The molecule has 0 radical (unpaired) electrons. The summed E-state index contributed by atoms with van der Waals surface area (Å²) in [6.45, 7) is 0. The smallest absolute Gasteiger partial charge is 0.145 e. The fraction of sp³-hybridized carbons (Fsp3) is 0. The molecule has 0 aliphatic rings. The van der Waals surface area contributed by atoms with Crippen LogP contribution >= 0.6 is 0 Å². The number of para-hydroxylation sites is 2. The Hall–Kier alpha value is -6.77. The minimum absolute atomic E-state index is 0.938. The van der Waals surface area contributed by atoms with Crippen LogP contribution in [0.4, 0.5) is 0 Å². The van der Waals surface area contributed by atoms with Gasteiger partial charge in [-0.05, 0) is 102 Å². The molecule has 0 aliphatic heterocycles. The fourth-order valence-corrected chi connectivity index (χ4v) is 7.80. The van der Waals surface area contributed by atoms with E-state index < -0.39 is 0 Å². The molecule has 10 rings (SSSR count). The molecule has 0 atom stereocenters. The van der Waals surface area contributed by atoms with Crippen molar-refractivity contribution in [2.45, 2.75) is 0 Å². The third-order valence-electron chi connectivity index (χ3n) is 10.2. The predicted molar refractivity (Wildman–Crippen MR) is 215 cm³/mol. The van der Waals surface area contributed by atoms with Crippen molar-refractivity contribution in [2.24, 2.45) is 0 Å². The molecule has 1 aromatic heterocycles. The second-order valence-electron chi connectivity index (χ2n) is 13.2. The molecule has 0 saturated carbocycles. The molecule has 1 heterocycles. The second-order valence-corrected chi connectivity index (χ2v) is 13.2. The van der Waals surface area contributed by atoms with E-state index in [2.05, 4.69) is 199 Å². The standard InChI is InChI=1S/C49H32N2/c1-3-13-33(14-4-1)38-27-30-43-44(32-38)47(41-19-9-10-20-42(41)48(43)39-24-23-34-15-7-8-18-37(34)31-39)35-25-28-40(29-26-35)51-46-22-12-11-21-45(46)50-49(51)36-16-5-2-6-17-36/h1-32H. The highest BCUT2D eigenvalue weighted by Crippen LogP contribution is 2.45. The van der Waals surface area contributed by atoms with Crippen molar-refractivity contribution in [1.82, 2.24) is 9.55 Å². The van der Waals surface area contributed by atoms with Crippen LogP contribution in [-0.2, 0) is 0 Å². The average molecular weight is 649 g/mol. The highest BCUT2D eigenvalue weighted by Gasteiger charge is 2.19. The van der Waals surface area contributed by atoms with Crippen LogP contribution < -0.4 is 0 Å². The first-order valence-corrected chi connectivity index (χ1v) is 17.5. The molecular formula is C49H32N2. The molecule has 0 spiro atoms. The quantitative estimate of drug-likeness (QED) is 0.170. The molecule has 0 unspecified atom stereocenters. The van der Waals surface area contributed by atoms with Crippen LogP contribution in [0.3, 0.4) is 0 Å². The summed E-state index contributed by atoms with van der Waals surface area (Å²) in [5.41, 5.74) is 11.6. The summed E-state index contributed by atoms with van der Waals surface area (Å²) in [6, 6.07) is 70.0. The zero-order chi connectivity index (χ0) is 33.7. The predicted octanol–water partition coefficient (Wildman–Crippen LogP) is 13.2. The summed E-state index contributed by atoms with van der Waals surface area (Å²) in [6.07, 6.45) is 0. The summed E-state index contributed by atoms with van der Waals surface area (Å²) < 4.78 is 2.28. The first-order chi connectivity index (χ1) is 25.3. The monoisotopic (exact) mass is 648 g/mol. The van der Waals surface area contributed by atoms with Crippen molar-refractivity contribution in [2.75, 3.05) is 0 Å². The van der Waals surface area contributed by atoms with Crippen molar-refractivity contribution < 1.29 is 0 Å². The maximum absolute atomic E-state index is 5.08. The van der Waals surface area contributed by atoms with Crippen LogP contribution in [0, 0.1) is 0 Å². The minimum atomic E-state index is 0.938. The summed E-state index contributed by atoms with van der Waals surface area (Å²) in [5, 5.41) is 7.47. The molecule has 9 aromatic carbocycles. The van der Waals surface area contributed by atoms with Crippen LogP contribution in [0.25, 0.3) is 93.8 Å². The zero-order valence-electron chi connectivity index (χ0n) is 27.9. The Labute approximate surface area is 296 Å². The molecule has 0 saturated heterocycles. The molecule has 0 bridgehead atoms. The van der Waals surface area contributed by atoms with Crippen LogP contribution in [0.2, 0.25) is 0 Å². The van der Waals surface area contributed by atoms with Crippen molar-refractivity contribution >= 4 is 43.4 Å². The maximum atomic E-state index is 5.08. The lowest BCUT2D eigenvalue weighted by Crippen LogP contribution is -1.98. The van der Waals surface area contributed by atoms with E-state index in [0.29, 0.717) is 0 Å². The van der Waals surface area contributed by atoms with Gasteiger partial charge in [-0.1, -0.05) is 158 Å². The second kappa shape index (κ2) is 12.0. The van der Waals surface area contributed by atoms with Gasteiger partial charge in [-0.15, -0.1) is 0 Å². The van der Waals surface area contributed by atoms with Gasteiger partial charge < -0.3 is 0 Å². The molecule has 0 N–H and O–H groups in total. The first-order valence-electron chi connectivity index (χ1n) is 17.5. The van der Waals surface area contributed by atoms with Gasteiger partial charge in [0.25, 0.3) is 0 Å². The topological polar surface area (TPSA) is 17.8 Å². The number of fused-ring (bicyclic) bond motifs is 4. The lowest BCUT2D eigenvalue weighted by Gasteiger charge is -2.19. The summed E-state index contributed by atoms with van der Waals surface area (Å²) in [5.74, 6) is 0.938. The Balaban J connectivity index is 1.22. The van der Waals surface area contributed by atoms with Gasteiger partial charge >= 0.3 is 0 Å². The third-order valence-corrected chi connectivity index (χ3v) is 10.2. The molecule has 0 fully saturated rings. The highest BCUT2D eigenvalue weighted by atomic mass is 15.1. The fourth-order valence-electron chi connectivity index (χ4n) is 7.80. The van der Waals surface area contributed by atoms with Gasteiger partial charge in [0.1, 0.15) is 5.82 Å². The van der Waals surface area contributed by atoms with E-state index >= 15 is 0 Å². The van der Waals surface area contributed by atoms with Gasteiger partial charge in [0.15, 0.2) is 0 Å². The lowest BCUT2D eigenvalue weighted by molar-refractivity contribution is 1.10. The Morgan fingerprint density at radius 2 is 0.902 bits per heavy atom. The number of aromatic nitrogens is 2. The molecule has 0 aliphatic carbocycles.